The molecule has 1 aliphatic rings. The maximum Gasteiger partial charge on any atom is 0.433 e. The van der Waals surface area contributed by atoms with Gasteiger partial charge in [0.25, 0.3) is 0 Å². The predicted octanol–water partition coefficient (Wildman–Crippen LogP) is 3.51. The van der Waals surface area contributed by atoms with Gasteiger partial charge in [0.15, 0.2) is 11.5 Å². The third-order valence-electron chi connectivity index (χ3n) is 4.15. The van der Waals surface area contributed by atoms with E-state index in [2.05, 4.69) is 17.3 Å². The highest BCUT2D eigenvalue weighted by atomic mass is 16.7. The third kappa shape index (κ3) is 7.27. The van der Waals surface area contributed by atoms with Gasteiger partial charge in [-0.15, -0.1) is 0 Å². The molecule has 1 N–H and O–H groups in total. The average molecular weight is 448 g/mol. The molecule has 174 valence electrons. The number of anilines is 1. The van der Waals surface area contributed by atoms with Gasteiger partial charge < -0.3 is 23.7 Å². The van der Waals surface area contributed by atoms with Crippen molar-refractivity contribution in [1.82, 2.24) is 5.43 Å². The van der Waals surface area contributed by atoms with Gasteiger partial charge in [-0.25, -0.2) is 19.8 Å². The van der Waals surface area contributed by atoms with E-state index in [0.717, 1.165) is 17.9 Å². The summed E-state index contributed by atoms with van der Waals surface area (Å²) in [5, 5.41) is 0.876. The van der Waals surface area contributed by atoms with Crippen LogP contribution in [-0.2, 0) is 19.0 Å². The summed E-state index contributed by atoms with van der Waals surface area (Å²) in [5.74, 6) is 4.98. The molecule has 1 heterocycles. The first-order valence-corrected chi connectivity index (χ1v) is 10.5. The minimum atomic E-state index is -0.844. The van der Waals surface area contributed by atoms with E-state index >= 15 is 0 Å². The maximum absolute atomic E-state index is 12.8. The SMILES string of the molecule is CCCCOC(=O)NN(C(=O)OCCCC)c1cc2c(cc1C#CC(=O)OCC)OCO2. The molecular weight excluding hydrogens is 420 g/mol. The Bertz CT molecular complexity index is 875. The Morgan fingerprint density at radius 1 is 1.00 bits per heavy atom. The van der Waals surface area contributed by atoms with Crippen molar-refractivity contribution in [3.05, 3.63) is 17.7 Å². The molecule has 0 unspecified atom stereocenters. The Morgan fingerprint density at radius 2 is 1.66 bits per heavy atom. The minimum Gasteiger partial charge on any atom is -0.456 e. The Kier molecular flexibility index (Phi) is 9.97. The smallest absolute Gasteiger partial charge is 0.433 e. The van der Waals surface area contributed by atoms with Crippen molar-refractivity contribution < 1.29 is 38.1 Å². The van der Waals surface area contributed by atoms with E-state index in [4.69, 9.17) is 23.7 Å². The fourth-order valence-electron chi connectivity index (χ4n) is 2.51. The lowest BCUT2D eigenvalue weighted by molar-refractivity contribution is -0.136. The molecule has 32 heavy (non-hydrogen) atoms. The van der Waals surface area contributed by atoms with Gasteiger partial charge in [0, 0.05) is 18.1 Å². The molecule has 0 saturated carbocycles. The average Bonchev–Trinajstić information content (AvgIpc) is 3.23. The maximum atomic E-state index is 12.8. The predicted molar refractivity (Wildman–Crippen MR) is 114 cm³/mol. The second-order valence-corrected chi connectivity index (χ2v) is 6.60. The van der Waals surface area contributed by atoms with E-state index < -0.39 is 18.2 Å². The Hall–Kier alpha value is -3.61. The highest BCUT2D eigenvalue weighted by Crippen LogP contribution is 2.38. The molecule has 0 bridgehead atoms. The molecule has 2 amide bonds. The molecule has 1 aromatic carbocycles. The summed E-state index contributed by atoms with van der Waals surface area (Å²) >= 11 is 0. The number of ether oxygens (including phenoxy) is 5. The molecule has 0 atom stereocenters. The number of hydrogen-bond acceptors (Lipinski definition) is 8. The lowest BCUT2D eigenvalue weighted by Crippen LogP contribution is -2.47. The quantitative estimate of drug-likeness (QED) is 0.211. The van der Waals surface area contributed by atoms with Crippen molar-refractivity contribution in [2.24, 2.45) is 0 Å². The second-order valence-electron chi connectivity index (χ2n) is 6.60. The van der Waals surface area contributed by atoms with Crippen LogP contribution in [0.4, 0.5) is 15.3 Å². The van der Waals surface area contributed by atoms with E-state index in [-0.39, 0.29) is 37.9 Å². The number of fused-ring (bicyclic) bond motifs is 1. The van der Waals surface area contributed by atoms with E-state index in [1.54, 1.807) is 6.92 Å². The summed E-state index contributed by atoms with van der Waals surface area (Å²) in [4.78, 5) is 36.8. The van der Waals surface area contributed by atoms with E-state index in [9.17, 15) is 14.4 Å². The van der Waals surface area contributed by atoms with Crippen molar-refractivity contribution in [2.45, 2.75) is 46.5 Å². The fourth-order valence-corrected chi connectivity index (χ4v) is 2.51. The van der Waals surface area contributed by atoms with Crippen molar-refractivity contribution in [2.75, 3.05) is 31.6 Å². The number of rotatable bonds is 8. The van der Waals surface area contributed by atoms with E-state index in [1.165, 1.54) is 12.1 Å². The molecule has 0 saturated heterocycles. The molecule has 1 aromatic rings. The lowest BCUT2D eigenvalue weighted by atomic mass is 10.1. The number of nitrogens with one attached hydrogen (secondary N) is 1. The Balaban J connectivity index is 2.39. The molecular formula is C22H28N2O8. The van der Waals surface area contributed by atoms with Gasteiger partial charge in [0.1, 0.15) is 0 Å². The monoisotopic (exact) mass is 448 g/mol. The van der Waals surface area contributed by atoms with Crippen LogP contribution in [0.5, 0.6) is 11.5 Å². The second kappa shape index (κ2) is 12.9. The number of carbonyl (C=O) groups is 3. The molecule has 0 aromatic heterocycles. The third-order valence-corrected chi connectivity index (χ3v) is 4.15. The van der Waals surface area contributed by atoms with Crippen LogP contribution >= 0.6 is 0 Å². The molecule has 0 spiro atoms. The number of unbranched alkanes of at least 4 members (excludes halogenated alkanes) is 2. The van der Waals surface area contributed by atoms with Crippen LogP contribution in [0, 0.1) is 11.8 Å². The van der Waals surface area contributed by atoms with Crippen molar-refractivity contribution in [3.8, 4) is 23.3 Å². The summed E-state index contributed by atoms with van der Waals surface area (Å²) in [5.41, 5.74) is 2.72. The molecule has 2 rings (SSSR count). The molecule has 10 heteroatoms. The fraction of sp³-hybridized carbons (Fsp3) is 0.500. The minimum absolute atomic E-state index is 0.0169. The summed E-state index contributed by atoms with van der Waals surface area (Å²) < 4.78 is 25.9. The number of hydrogen-bond donors (Lipinski definition) is 1. The first-order valence-electron chi connectivity index (χ1n) is 10.5. The van der Waals surface area contributed by atoms with Gasteiger partial charge in [-0.1, -0.05) is 32.6 Å². The molecule has 1 aliphatic heterocycles. The van der Waals surface area contributed by atoms with Gasteiger partial charge in [0.2, 0.25) is 6.79 Å². The van der Waals surface area contributed by atoms with Crippen LogP contribution in [0.3, 0.4) is 0 Å². The zero-order chi connectivity index (χ0) is 23.3. The van der Waals surface area contributed by atoms with Crippen LogP contribution in [-0.4, -0.2) is 44.8 Å². The first kappa shape index (κ1) is 24.7. The Labute approximate surface area is 187 Å². The number of carbonyl (C=O) groups excluding carboxylic acids is 3. The standard InChI is InChI=1S/C22H28N2O8/c1-4-7-11-29-21(26)23-24(22(27)30-12-8-5-2)17-14-19-18(31-15-32-19)13-16(17)9-10-20(25)28-6-3/h13-14H,4-8,11-12,15H2,1-3H3,(H,23,26). The lowest BCUT2D eigenvalue weighted by Gasteiger charge is -2.23. The van der Waals surface area contributed by atoms with E-state index in [1.807, 2.05) is 13.8 Å². The molecule has 0 radical (unpaired) electrons. The zero-order valence-electron chi connectivity index (χ0n) is 18.5. The van der Waals surface area contributed by atoms with E-state index in [0.29, 0.717) is 24.3 Å². The number of amides is 2. The topological polar surface area (TPSA) is 113 Å². The number of nitrogens with zero attached hydrogens (tertiary/aromatic N) is 1. The largest absolute Gasteiger partial charge is 0.456 e. The molecule has 0 aliphatic carbocycles. The van der Waals surface area contributed by atoms with Gasteiger partial charge in [-0.3, -0.25) is 0 Å². The highest BCUT2D eigenvalue weighted by molar-refractivity contribution is 5.94. The van der Waals surface area contributed by atoms with Crippen LogP contribution in [0.15, 0.2) is 12.1 Å². The summed E-state index contributed by atoms with van der Waals surface area (Å²) in [6.45, 7) is 6.08. The summed E-state index contributed by atoms with van der Waals surface area (Å²) in [6.07, 6.45) is 1.30. The number of esters is 1. The Morgan fingerprint density at radius 3 is 2.31 bits per heavy atom. The molecule has 10 nitrogen and oxygen atoms in total. The van der Waals surface area contributed by atoms with Gasteiger partial charge in [-0.2, -0.15) is 5.01 Å². The van der Waals surface area contributed by atoms with Crippen molar-refractivity contribution in [1.29, 1.82) is 0 Å². The molecule has 0 fully saturated rings. The highest BCUT2D eigenvalue weighted by Gasteiger charge is 2.27. The van der Waals surface area contributed by atoms with Gasteiger partial charge >= 0.3 is 18.2 Å². The van der Waals surface area contributed by atoms with Crippen LogP contribution in [0.25, 0.3) is 0 Å². The van der Waals surface area contributed by atoms with Crippen LogP contribution in [0.2, 0.25) is 0 Å². The van der Waals surface area contributed by atoms with Gasteiger partial charge in [0.05, 0.1) is 31.1 Å². The number of benzene rings is 1. The summed E-state index contributed by atoms with van der Waals surface area (Å²) in [7, 11) is 0. The normalized spacial score (nSPS) is 11.1. The number of hydrazine groups is 1. The zero-order valence-corrected chi connectivity index (χ0v) is 18.5. The first-order chi connectivity index (χ1) is 15.5. The van der Waals surface area contributed by atoms with Crippen molar-refractivity contribution >= 4 is 23.8 Å². The summed E-state index contributed by atoms with van der Waals surface area (Å²) in [6, 6.07) is 2.96. The van der Waals surface area contributed by atoms with Gasteiger partial charge in [-0.05, 0) is 19.8 Å². The van der Waals surface area contributed by atoms with Crippen LogP contribution < -0.4 is 19.9 Å². The van der Waals surface area contributed by atoms with Crippen LogP contribution in [0.1, 0.15) is 52.0 Å². The van der Waals surface area contributed by atoms with Crippen molar-refractivity contribution in [3.63, 3.8) is 0 Å².